The van der Waals surface area contributed by atoms with E-state index in [0.29, 0.717) is 6.61 Å². The van der Waals surface area contributed by atoms with Gasteiger partial charge < -0.3 is 4.84 Å². The fourth-order valence-corrected chi connectivity index (χ4v) is 1.64. The van der Waals surface area contributed by atoms with Crippen LogP contribution in [0.2, 0.25) is 0 Å². The van der Waals surface area contributed by atoms with Crippen LogP contribution in [0.1, 0.15) is 23.7 Å². The van der Waals surface area contributed by atoms with Crippen LogP contribution < -0.4 is 4.98 Å². The van der Waals surface area contributed by atoms with E-state index in [4.69, 9.17) is 4.84 Å². The maximum absolute atomic E-state index is 5.20. The number of hydrogen-bond donors (Lipinski definition) is 0. The van der Waals surface area contributed by atoms with Crippen LogP contribution >= 0.6 is 0 Å². The molecule has 1 N–H and O–H groups in total. The molecule has 0 bridgehead atoms. The van der Waals surface area contributed by atoms with Gasteiger partial charge in [-0.05, 0) is 19.9 Å². The monoisotopic (exact) mass is 241 g/mol. The molecule has 0 radical (unpaired) electrons. The van der Waals surface area contributed by atoms with E-state index in [1.165, 1.54) is 5.56 Å². The summed E-state index contributed by atoms with van der Waals surface area (Å²) in [6.45, 7) is 4.55. The average Bonchev–Trinajstić information content (AvgIpc) is 2.42. The van der Waals surface area contributed by atoms with Crippen LogP contribution in [-0.4, -0.2) is 12.3 Å². The zero-order valence-corrected chi connectivity index (χ0v) is 10.7. The number of benzene rings is 1. The molecular weight excluding hydrogens is 224 g/mol. The SMILES string of the molecule is CCO/N=C(\c1ccc(C)cc1)c1cccc[nH+]1. The fourth-order valence-electron chi connectivity index (χ4n) is 1.64. The van der Waals surface area contributed by atoms with E-state index in [2.05, 4.69) is 29.2 Å². The second kappa shape index (κ2) is 5.96. The Balaban J connectivity index is 2.40. The normalized spacial score (nSPS) is 11.3. The quantitative estimate of drug-likeness (QED) is 0.598. The summed E-state index contributed by atoms with van der Waals surface area (Å²) in [5, 5.41) is 4.20. The van der Waals surface area contributed by atoms with E-state index >= 15 is 0 Å². The molecule has 0 aliphatic rings. The Morgan fingerprint density at radius 2 is 1.94 bits per heavy atom. The molecule has 0 saturated carbocycles. The lowest BCUT2D eigenvalue weighted by Crippen LogP contribution is -2.18. The highest BCUT2D eigenvalue weighted by molar-refractivity contribution is 6.10. The maximum atomic E-state index is 5.20. The number of aromatic nitrogens is 1. The van der Waals surface area contributed by atoms with Crippen LogP contribution in [0.5, 0.6) is 0 Å². The summed E-state index contributed by atoms with van der Waals surface area (Å²) in [7, 11) is 0. The predicted octanol–water partition coefficient (Wildman–Crippen LogP) is 2.60. The third-order valence-electron chi connectivity index (χ3n) is 2.57. The predicted molar refractivity (Wildman–Crippen MR) is 71.4 cm³/mol. The Bertz CT molecular complexity index is 518. The number of nitrogens with zero attached hydrogens (tertiary/aromatic N) is 1. The van der Waals surface area contributed by atoms with Gasteiger partial charge in [-0.1, -0.05) is 35.0 Å². The standard InChI is InChI=1S/C15H16N2O/c1-3-18-17-15(14-6-4-5-11-16-14)13-9-7-12(2)8-10-13/h4-11H,3H2,1-2H3/p+1/b17-15+. The lowest BCUT2D eigenvalue weighted by Gasteiger charge is -2.03. The van der Waals surface area contributed by atoms with Gasteiger partial charge in [0, 0.05) is 17.7 Å². The molecule has 0 spiro atoms. The molecule has 18 heavy (non-hydrogen) atoms. The van der Waals surface area contributed by atoms with Crippen molar-refractivity contribution < 1.29 is 9.82 Å². The molecule has 1 heterocycles. The Morgan fingerprint density at radius 1 is 1.17 bits per heavy atom. The Labute approximate surface area is 107 Å². The lowest BCUT2D eigenvalue weighted by atomic mass is 10.1. The van der Waals surface area contributed by atoms with Gasteiger partial charge in [0.15, 0.2) is 11.9 Å². The third kappa shape index (κ3) is 2.94. The average molecular weight is 241 g/mol. The molecule has 2 rings (SSSR count). The molecule has 0 fully saturated rings. The van der Waals surface area contributed by atoms with Crippen LogP contribution in [0.4, 0.5) is 0 Å². The molecule has 3 heteroatoms. The first kappa shape index (κ1) is 12.3. The van der Waals surface area contributed by atoms with Crippen molar-refractivity contribution in [2.75, 3.05) is 6.61 Å². The minimum Gasteiger partial charge on any atom is -0.395 e. The van der Waals surface area contributed by atoms with Crippen molar-refractivity contribution in [2.45, 2.75) is 13.8 Å². The summed E-state index contributed by atoms with van der Waals surface area (Å²) in [5.74, 6) is 0. The van der Waals surface area contributed by atoms with E-state index < -0.39 is 0 Å². The van der Waals surface area contributed by atoms with E-state index in [1.54, 1.807) is 0 Å². The van der Waals surface area contributed by atoms with Gasteiger partial charge in [0.25, 0.3) is 0 Å². The number of oxime groups is 1. The molecule has 1 aromatic carbocycles. The summed E-state index contributed by atoms with van der Waals surface area (Å²) < 4.78 is 0. The number of H-pyrrole nitrogens is 1. The van der Waals surface area contributed by atoms with Crippen molar-refractivity contribution in [3.8, 4) is 0 Å². The van der Waals surface area contributed by atoms with Crippen LogP contribution in [0.15, 0.2) is 53.8 Å². The number of aromatic amines is 1. The molecule has 0 atom stereocenters. The summed E-state index contributed by atoms with van der Waals surface area (Å²) >= 11 is 0. The first-order chi connectivity index (χ1) is 8.81. The molecule has 3 nitrogen and oxygen atoms in total. The number of aryl methyl sites for hydroxylation is 1. The number of rotatable bonds is 4. The molecule has 0 unspecified atom stereocenters. The Hall–Kier alpha value is -2.16. The highest BCUT2D eigenvalue weighted by Crippen LogP contribution is 2.09. The van der Waals surface area contributed by atoms with Crippen LogP contribution in [0.25, 0.3) is 0 Å². The summed E-state index contributed by atoms with van der Waals surface area (Å²) in [6, 6.07) is 14.1. The first-order valence-electron chi connectivity index (χ1n) is 6.05. The van der Waals surface area contributed by atoms with Crippen molar-refractivity contribution in [3.63, 3.8) is 0 Å². The van der Waals surface area contributed by atoms with Crippen molar-refractivity contribution in [3.05, 3.63) is 65.5 Å². The van der Waals surface area contributed by atoms with Crippen molar-refractivity contribution in [2.24, 2.45) is 5.16 Å². The van der Waals surface area contributed by atoms with Crippen molar-refractivity contribution >= 4 is 5.71 Å². The third-order valence-corrected chi connectivity index (χ3v) is 2.57. The number of pyridine rings is 1. The largest absolute Gasteiger partial charge is 0.395 e. The van der Waals surface area contributed by atoms with Crippen LogP contribution in [0.3, 0.4) is 0 Å². The van der Waals surface area contributed by atoms with Gasteiger partial charge in [0.1, 0.15) is 6.61 Å². The van der Waals surface area contributed by atoms with Gasteiger partial charge in [-0.15, -0.1) is 0 Å². The fraction of sp³-hybridized carbons (Fsp3) is 0.200. The van der Waals surface area contributed by atoms with Gasteiger partial charge in [-0.25, -0.2) is 4.98 Å². The van der Waals surface area contributed by atoms with Crippen molar-refractivity contribution in [1.82, 2.24) is 0 Å². The molecule has 1 aromatic heterocycles. The topological polar surface area (TPSA) is 35.7 Å². The molecule has 0 aliphatic heterocycles. The lowest BCUT2D eigenvalue weighted by molar-refractivity contribution is -0.380. The summed E-state index contributed by atoms with van der Waals surface area (Å²) in [4.78, 5) is 8.38. The van der Waals surface area contributed by atoms with Gasteiger partial charge in [0.05, 0.1) is 0 Å². The van der Waals surface area contributed by atoms with E-state index in [0.717, 1.165) is 17.0 Å². The Morgan fingerprint density at radius 3 is 2.56 bits per heavy atom. The number of nitrogens with one attached hydrogen (secondary N) is 1. The van der Waals surface area contributed by atoms with Crippen molar-refractivity contribution in [1.29, 1.82) is 0 Å². The zero-order valence-electron chi connectivity index (χ0n) is 10.7. The second-order valence-corrected chi connectivity index (χ2v) is 4.00. The summed E-state index contributed by atoms with van der Waals surface area (Å²) in [5.41, 5.74) is 4.02. The van der Waals surface area contributed by atoms with Gasteiger partial charge in [-0.2, -0.15) is 0 Å². The van der Waals surface area contributed by atoms with Gasteiger partial charge >= 0.3 is 0 Å². The summed E-state index contributed by atoms with van der Waals surface area (Å²) in [6.07, 6.45) is 1.88. The number of hydrogen-bond acceptors (Lipinski definition) is 2. The van der Waals surface area contributed by atoms with E-state index in [1.807, 2.05) is 43.5 Å². The first-order valence-corrected chi connectivity index (χ1v) is 6.05. The van der Waals surface area contributed by atoms with Gasteiger partial charge in [-0.3, -0.25) is 0 Å². The maximum Gasteiger partial charge on any atom is 0.233 e. The van der Waals surface area contributed by atoms with E-state index in [9.17, 15) is 0 Å². The molecule has 0 saturated heterocycles. The molecule has 2 aromatic rings. The van der Waals surface area contributed by atoms with Crippen LogP contribution in [-0.2, 0) is 4.84 Å². The molecule has 92 valence electrons. The minimum absolute atomic E-state index is 0.558. The second-order valence-electron chi connectivity index (χ2n) is 4.00. The van der Waals surface area contributed by atoms with E-state index in [-0.39, 0.29) is 0 Å². The molecule has 0 amide bonds. The smallest absolute Gasteiger partial charge is 0.233 e. The highest BCUT2D eigenvalue weighted by atomic mass is 16.6. The molecular formula is C15H17N2O+. The minimum atomic E-state index is 0.558. The molecule has 0 aliphatic carbocycles. The zero-order chi connectivity index (χ0) is 12.8. The van der Waals surface area contributed by atoms with Gasteiger partial charge in [0.2, 0.25) is 5.69 Å². The Kier molecular flexibility index (Phi) is 4.07. The van der Waals surface area contributed by atoms with Crippen LogP contribution in [0, 0.1) is 6.92 Å². The highest BCUT2D eigenvalue weighted by Gasteiger charge is 2.13.